The van der Waals surface area contributed by atoms with Crippen LogP contribution in [0.3, 0.4) is 0 Å². The summed E-state index contributed by atoms with van der Waals surface area (Å²) in [5.41, 5.74) is 1.79. The number of pyridine rings is 2. The van der Waals surface area contributed by atoms with Crippen molar-refractivity contribution in [3.63, 3.8) is 0 Å². The number of hydrogen-bond acceptors (Lipinski definition) is 5. The minimum Gasteiger partial charge on any atom is -0.439 e. The number of nitrogens with zero attached hydrogens (tertiary/aromatic N) is 3. The maximum absolute atomic E-state index is 12.9. The number of hydrogen-bond donors (Lipinski definition) is 1. The highest BCUT2D eigenvalue weighted by atomic mass is 19.4. The molecule has 0 aliphatic heterocycles. The van der Waals surface area contributed by atoms with Gasteiger partial charge < -0.3 is 10.1 Å². The van der Waals surface area contributed by atoms with Gasteiger partial charge in [-0.3, -0.25) is 0 Å². The molecule has 0 saturated carbocycles. The number of nitriles is 1. The Morgan fingerprint density at radius 3 is 2.66 bits per heavy atom. The van der Waals surface area contributed by atoms with Gasteiger partial charge in [-0.2, -0.15) is 18.4 Å². The Balaban J connectivity index is 1.83. The Kier molecular flexibility index (Phi) is 5.69. The quantitative estimate of drug-likeness (QED) is 0.624. The van der Waals surface area contributed by atoms with Gasteiger partial charge in [0, 0.05) is 24.0 Å². The van der Waals surface area contributed by atoms with Crippen LogP contribution in [0.4, 0.5) is 19.0 Å². The molecule has 0 unspecified atom stereocenters. The van der Waals surface area contributed by atoms with Gasteiger partial charge in [-0.05, 0) is 49.7 Å². The summed E-state index contributed by atoms with van der Waals surface area (Å²) < 4.78 is 44.4. The molecular formula is C21H17F3N4O. The second-order valence-corrected chi connectivity index (χ2v) is 6.36. The summed E-state index contributed by atoms with van der Waals surface area (Å²) in [6.07, 6.45) is -2.97. The zero-order valence-corrected chi connectivity index (χ0v) is 15.7. The molecular weight excluding hydrogens is 381 g/mol. The molecule has 0 spiro atoms. The smallest absolute Gasteiger partial charge is 0.416 e. The third-order valence-corrected chi connectivity index (χ3v) is 4.13. The number of benzene rings is 1. The van der Waals surface area contributed by atoms with Crippen LogP contribution < -0.4 is 10.1 Å². The number of rotatable bonds is 5. The Labute approximate surface area is 165 Å². The zero-order chi connectivity index (χ0) is 21.0. The largest absolute Gasteiger partial charge is 0.439 e. The van der Waals surface area contributed by atoms with E-state index in [4.69, 9.17) is 4.74 Å². The molecule has 0 saturated heterocycles. The second-order valence-electron chi connectivity index (χ2n) is 6.36. The van der Waals surface area contributed by atoms with E-state index in [9.17, 15) is 18.4 Å². The van der Waals surface area contributed by atoms with Crippen molar-refractivity contribution in [3.05, 3.63) is 76.6 Å². The zero-order valence-electron chi connectivity index (χ0n) is 15.7. The minimum atomic E-state index is -4.46. The highest BCUT2D eigenvalue weighted by Crippen LogP contribution is 2.33. The highest BCUT2D eigenvalue weighted by Gasteiger charge is 2.30. The summed E-state index contributed by atoms with van der Waals surface area (Å²) in [4.78, 5) is 8.48. The fourth-order valence-electron chi connectivity index (χ4n) is 2.78. The standard InChI is InChI=1S/C21H17F3N4O/c1-13-9-14(2)28-19(18(13)11-25)27-12-15-5-4-8-26-20(15)29-17-7-3-6-16(10-17)21(22,23)24/h3-10H,12H2,1-2H3,(H,27,28). The molecule has 0 atom stereocenters. The third kappa shape index (κ3) is 4.82. The van der Waals surface area contributed by atoms with Crippen molar-refractivity contribution in [3.8, 4) is 17.7 Å². The van der Waals surface area contributed by atoms with Crippen molar-refractivity contribution < 1.29 is 17.9 Å². The molecule has 2 aromatic heterocycles. The molecule has 3 aromatic rings. The van der Waals surface area contributed by atoms with E-state index in [1.54, 1.807) is 12.1 Å². The van der Waals surface area contributed by atoms with Crippen molar-refractivity contribution >= 4 is 5.82 Å². The van der Waals surface area contributed by atoms with Gasteiger partial charge in [0.25, 0.3) is 0 Å². The summed E-state index contributed by atoms with van der Waals surface area (Å²) in [6.45, 7) is 3.88. The monoisotopic (exact) mass is 398 g/mol. The number of anilines is 1. The SMILES string of the molecule is Cc1cc(C)c(C#N)c(NCc2cccnc2Oc2cccc(C(F)(F)F)c2)n1. The molecule has 0 radical (unpaired) electrons. The van der Waals surface area contributed by atoms with E-state index in [1.807, 2.05) is 19.9 Å². The van der Waals surface area contributed by atoms with Crippen LogP contribution in [0, 0.1) is 25.2 Å². The average molecular weight is 398 g/mol. The van der Waals surface area contributed by atoms with E-state index in [1.165, 1.54) is 18.3 Å². The topological polar surface area (TPSA) is 70.8 Å². The molecule has 1 aromatic carbocycles. The number of ether oxygens (including phenoxy) is 1. The van der Waals surface area contributed by atoms with Gasteiger partial charge in [-0.15, -0.1) is 0 Å². The molecule has 1 N–H and O–H groups in total. The van der Waals surface area contributed by atoms with Crippen molar-refractivity contribution in [1.29, 1.82) is 5.26 Å². The molecule has 3 rings (SSSR count). The van der Waals surface area contributed by atoms with Gasteiger partial charge >= 0.3 is 6.18 Å². The molecule has 0 bridgehead atoms. The fraction of sp³-hybridized carbons (Fsp3) is 0.190. The van der Waals surface area contributed by atoms with E-state index < -0.39 is 11.7 Å². The lowest BCUT2D eigenvalue weighted by atomic mass is 10.1. The average Bonchev–Trinajstić information content (AvgIpc) is 2.66. The number of alkyl halides is 3. The summed E-state index contributed by atoms with van der Waals surface area (Å²) in [5, 5.41) is 12.5. The van der Waals surface area contributed by atoms with E-state index in [0.29, 0.717) is 16.9 Å². The lowest BCUT2D eigenvalue weighted by Crippen LogP contribution is -2.07. The molecule has 0 aliphatic rings. The van der Waals surface area contributed by atoms with Crippen LogP contribution in [0.1, 0.15) is 27.9 Å². The normalized spacial score (nSPS) is 11.0. The molecule has 2 heterocycles. The van der Waals surface area contributed by atoms with Crippen LogP contribution >= 0.6 is 0 Å². The Hall–Kier alpha value is -3.60. The van der Waals surface area contributed by atoms with Crippen molar-refractivity contribution in [2.75, 3.05) is 5.32 Å². The molecule has 5 nitrogen and oxygen atoms in total. The summed E-state index contributed by atoms with van der Waals surface area (Å²) >= 11 is 0. The van der Waals surface area contributed by atoms with Gasteiger partial charge in [0.05, 0.1) is 11.1 Å². The van der Waals surface area contributed by atoms with Gasteiger partial charge in [0.1, 0.15) is 17.6 Å². The second kappa shape index (κ2) is 8.19. The first-order valence-corrected chi connectivity index (χ1v) is 8.69. The molecule has 0 aliphatic carbocycles. The van der Waals surface area contributed by atoms with Crippen LogP contribution in [-0.4, -0.2) is 9.97 Å². The van der Waals surface area contributed by atoms with Crippen LogP contribution in [0.5, 0.6) is 11.6 Å². The summed E-state index contributed by atoms with van der Waals surface area (Å²) in [6, 6.07) is 12.0. The Morgan fingerprint density at radius 1 is 1.14 bits per heavy atom. The van der Waals surface area contributed by atoms with Gasteiger partial charge in [0.2, 0.25) is 5.88 Å². The van der Waals surface area contributed by atoms with Gasteiger partial charge in [-0.25, -0.2) is 9.97 Å². The van der Waals surface area contributed by atoms with Gasteiger partial charge in [-0.1, -0.05) is 12.1 Å². The maximum atomic E-state index is 12.9. The lowest BCUT2D eigenvalue weighted by Gasteiger charge is -2.14. The molecule has 0 fully saturated rings. The van der Waals surface area contributed by atoms with Crippen LogP contribution in [0.15, 0.2) is 48.7 Å². The first-order chi connectivity index (χ1) is 13.8. The maximum Gasteiger partial charge on any atom is 0.416 e. The lowest BCUT2D eigenvalue weighted by molar-refractivity contribution is -0.137. The molecule has 148 valence electrons. The first kappa shape index (κ1) is 20.1. The highest BCUT2D eigenvalue weighted by molar-refractivity contribution is 5.56. The van der Waals surface area contributed by atoms with Crippen molar-refractivity contribution in [1.82, 2.24) is 9.97 Å². The van der Waals surface area contributed by atoms with E-state index in [-0.39, 0.29) is 18.2 Å². The number of halogens is 3. The third-order valence-electron chi connectivity index (χ3n) is 4.13. The summed E-state index contributed by atoms with van der Waals surface area (Å²) in [5.74, 6) is 0.628. The Morgan fingerprint density at radius 2 is 1.93 bits per heavy atom. The van der Waals surface area contributed by atoms with E-state index in [2.05, 4.69) is 21.4 Å². The van der Waals surface area contributed by atoms with Crippen LogP contribution in [0.25, 0.3) is 0 Å². The number of aromatic nitrogens is 2. The minimum absolute atomic E-state index is 0.0296. The fourth-order valence-corrected chi connectivity index (χ4v) is 2.78. The Bertz CT molecular complexity index is 1070. The van der Waals surface area contributed by atoms with Crippen molar-refractivity contribution in [2.45, 2.75) is 26.6 Å². The number of aryl methyl sites for hydroxylation is 2. The van der Waals surface area contributed by atoms with Crippen LogP contribution in [-0.2, 0) is 12.7 Å². The summed E-state index contributed by atoms with van der Waals surface area (Å²) in [7, 11) is 0. The van der Waals surface area contributed by atoms with Gasteiger partial charge in [0.15, 0.2) is 0 Å². The molecule has 29 heavy (non-hydrogen) atoms. The van der Waals surface area contributed by atoms with E-state index >= 15 is 0 Å². The predicted octanol–water partition coefficient (Wildman–Crippen LogP) is 5.39. The molecule has 8 heteroatoms. The van der Waals surface area contributed by atoms with Crippen LogP contribution in [0.2, 0.25) is 0 Å². The predicted molar refractivity (Wildman–Crippen MR) is 102 cm³/mol. The molecule has 0 amide bonds. The van der Waals surface area contributed by atoms with Crippen molar-refractivity contribution in [2.24, 2.45) is 0 Å². The van der Waals surface area contributed by atoms with E-state index in [0.717, 1.165) is 23.4 Å². The number of nitrogens with one attached hydrogen (secondary N) is 1. The first-order valence-electron chi connectivity index (χ1n) is 8.69.